The molecule has 0 heterocycles. The fraction of sp³-hybridized carbons (Fsp3) is 0.300. The van der Waals surface area contributed by atoms with Crippen LogP contribution >= 0.6 is 0 Å². The van der Waals surface area contributed by atoms with Crippen LogP contribution < -0.4 is 15.4 Å². The number of carbonyl (C=O) groups is 2. The summed E-state index contributed by atoms with van der Waals surface area (Å²) < 4.78 is 5.51. The Hall–Kier alpha value is -2.82. The largest absolute Gasteiger partial charge is 0.494 e. The highest BCUT2D eigenvalue weighted by molar-refractivity contribution is 6.09. The van der Waals surface area contributed by atoms with Gasteiger partial charge in [0.25, 0.3) is 11.8 Å². The summed E-state index contributed by atoms with van der Waals surface area (Å²) in [6.45, 7) is 5.27. The lowest BCUT2D eigenvalue weighted by Gasteiger charge is -2.11. The van der Waals surface area contributed by atoms with Gasteiger partial charge in [0.2, 0.25) is 0 Å². The van der Waals surface area contributed by atoms with Crippen molar-refractivity contribution >= 4 is 17.5 Å². The molecule has 5 nitrogen and oxygen atoms in total. The van der Waals surface area contributed by atoms with Crippen molar-refractivity contribution in [2.45, 2.75) is 26.7 Å². The van der Waals surface area contributed by atoms with Gasteiger partial charge in [-0.3, -0.25) is 9.59 Å². The third-order valence-corrected chi connectivity index (χ3v) is 3.54. The average Bonchev–Trinajstić information content (AvgIpc) is 2.65. The van der Waals surface area contributed by atoms with Crippen molar-refractivity contribution in [1.29, 1.82) is 0 Å². The number of hydrogen-bond acceptors (Lipinski definition) is 3. The minimum Gasteiger partial charge on any atom is -0.494 e. The Morgan fingerprint density at radius 1 is 0.920 bits per heavy atom. The summed E-state index contributed by atoms with van der Waals surface area (Å²) in [7, 11) is 0. The second-order valence-corrected chi connectivity index (χ2v) is 5.63. The summed E-state index contributed by atoms with van der Waals surface area (Å²) in [6, 6.07) is 13.9. The maximum absolute atomic E-state index is 12.4. The number of para-hydroxylation sites is 1. The number of anilines is 1. The molecule has 2 rings (SSSR count). The molecule has 2 N–H and O–H groups in total. The molecule has 0 atom stereocenters. The van der Waals surface area contributed by atoms with Gasteiger partial charge in [-0.25, -0.2) is 0 Å². The van der Waals surface area contributed by atoms with E-state index in [0.29, 0.717) is 30.0 Å². The van der Waals surface area contributed by atoms with E-state index in [0.717, 1.165) is 18.6 Å². The maximum Gasteiger partial charge on any atom is 0.255 e. The molecular weight excluding hydrogens is 316 g/mol. The van der Waals surface area contributed by atoms with E-state index in [4.69, 9.17) is 4.74 Å². The third kappa shape index (κ3) is 5.35. The molecule has 0 fully saturated rings. The van der Waals surface area contributed by atoms with Crippen LogP contribution in [0.1, 0.15) is 47.4 Å². The minimum absolute atomic E-state index is 0.193. The second-order valence-electron chi connectivity index (χ2n) is 5.63. The molecule has 0 aliphatic rings. The summed E-state index contributed by atoms with van der Waals surface area (Å²) in [5, 5.41) is 5.63. The smallest absolute Gasteiger partial charge is 0.255 e. The summed E-state index contributed by atoms with van der Waals surface area (Å²) in [4.78, 5) is 24.7. The number of nitrogens with one attached hydrogen (secondary N) is 2. The van der Waals surface area contributed by atoms with E-state index in [1.165, 1.54) is 0 Å². The number of benzene rings is 2. The third-order valence-electron chi connectivity index (χ3n) is 3.54. The zero-order valence-corrected chi connectivity index (χ0v) is 14.7. The van der Waals surface area contributed by atoms with E-state index in [1.807, 2.05) is 13.8 Å². The number of hydrogen-bond donors (Lipinski definition) is 2. The van der Waals surface area contributed by atoms with Crippen molar-refractivity contribution in [2.75, 3.05) is 18.5 Å². The van der Waals surface area contributed by atoms with E-state index in [9.17, 15) is 9.59 Å². The first-order chi connectivity index (χ1) is 12.2. The van der Waals surface area contributed by atoms with Gasteiger partial charge in [-0.2, -0.15) is 0 Å². The first-order valence-electron chi connectivity index (χ1n) is 8.57. The fourth-order valence-electron chi connectivity index (χ4n) is 2.24. The van der Waals surface area contributed by atoms with E-state index in [-0.39, 0.29) is 11.8 Å². The lowest BCUT2D eigenvalue weighted by Crippen LogP contribution is -2.25. The highest BCUT2D eigenvalue weighted by atomic mass is 16.5. The molecule has 2 aromatic rings. The predicted molar refractivity (Wildman–Crippen MR) is 99.2 cm³/mol. The quantitative estimate of drug-likeness (QED) is 0.766. The molecule has 0 aliphatic heterocycles. The van der Waals surface area contributed by atoms with Crippen molar-refractivity contribution < 1.29 is 14.3 Å². The molecule has 2 aromatic carbocycles. The SMILES string of the molecule is CCCNC(=O)c1ccccc1NC(=O)c1ccc(OCCC)cc1. The Morgan fingerprint density at radius 2 is 1.64 bits per heavy atom. The highest BCUT2D eigenvalue weighted by Crippen LogP contribution is 2.18. The van der Waals surface area contributed by atoms with Crippen LogP contribution in [0.2, 0.25) is 0 Å². The summed E-state index contributed by atoms with van der Waals surface area (Å²) in [5.74, 6) is 0.275. The predicted octanol–water partition coefficient (Wildman–Crippen LogP) is 3.87. The number of rotatable bonds is 8. The summed E-state index contributed by atoms with van der Waals surface area (Å²) >= 11 is 0. The van der Waals surface area contributed by atoms with Crippen LogP contribution in [0.15, 0.2) is 48.5 Å². The molecule has 0 bridgehead atoms. The van der Waals surface area contributed by atoms with Gasteiger partial charge in [-0.05, 0) is 49.2 Å². The van der Waals surface area contributed by atoms with E-state index < -0.39 is 0 Å². The number of ether oxygens (including phenoxy) is 1. The average molecular weight is 340 g/mol. The Bertz CT molecular complexity index is 711. The van der Waals surface area contributed by atoms with E-state index in [2.05, 4.69) is 10.6 Å². The van der Waals surface area contributed by atoms with Crippen LogP contribution in [0.3, 0.4) is 0 Å². The van der Waals surface area contributed by atoms with Crippen molar-refractivity contribution in [2.24, 2.45) is 0 Å². The van der Waals surface area contributed by atoms with Gasteiger partial charge in [-0.15, -0.1) is 0 Å². The molecule has 132 valence electrons. The normalized spacial score (nSPS) is 10.2. The second kappa shape index (κ2) is 9.47. The summed E-state index contributed by atoms with van der Waals surface area (Å²) in [5.41, 5.74) is 1.45. The lowest BCUT2D eigenvalue weighted by atomic mass is 10.1. The molecule has 0 aromatic heterocycles. The molecule has 2 amide bonds. The van der Waals surface area contributed by atoms with Crippen LogP contribution in [0.5, 0.6) is 5.75 Å². The van der Waals surface area contributed by atoms with Crippen molar-refractivity contribution in [1.82, 2.24) is 5.32 Å². The minimum atomic E-state index is -0.266. The molecule has 0 aliphatic carbocycles. The fourth-order valence-corrected chi connectivity index (χ4v) is 2.24. The monoisotopic (exact) mass is 340 g/mol. The molecule has 0 spiro atoms. The summed E-state index contributed by atoms with van der Waals surface area (Å²) in [6.07, 6.45) is 1.78. The van der Waals surface area contributed by atoms with Crippen LogP contribution in [-0.4, -0.2) is 25.0 Å². The van der Waals surface area contributed by atoms with Gasteiger partial charge in [0.15, 0.2) is 0 Å². The van der Waals surface area contributed by atoms with Crippen LogP contribution in [-0.2, 0) is 0 Å². The first kappa shape index (κ1) is 18.5. The van der Waals surface area contributed by atoms with Gasteiger partial charge in [-0.1, -0.05) is 26.0 Å². The molecule has 5 heteroatoms. The van der Waals surface area contributed by atoms with Crippen LogP contribution in [0, 0.1) is 0 Å². The Morgan fingerprint density at radius 3 is 2.32 bits per heavy atom. The van der Waals surface area contributed by atoms with E-state index in [1.54, 1.807) is 48.5 Å². The van der Waals surface area contributed by atoms with E-state index >= 15 is 0 Å². The Balaban J connectivity index is 2.08. The topological polar surface area (TPSA) is 67.4 Å². The molecule has 25 heavy (non-hydrogen) atoms. The van der Waals surface area contributed by atoms with Crippen LogP contribution in [0.4, 0.5) is 5.69 Å². The molecule has 0 unspecified atom stereocenters. The van der Waals surface area contributed by atoms with Gasteiger partial charge in [0, 0.05) is 12.1 Å². The van der Waals surface area contributed by atoms with Gasteiger partial charge in [0.05, 0.1) is 17.9 Å². The van der Waals surface area contributed by atoms with Crippen molar-refractivity contribution in [3.63, 3.8) is 0 Å². The van der Waals surface area contributed by atoms with Gasteiger partial charge in [0.1, 0.15) is 5.75 Å². The zero-order valence-electron chi connectivity index (χ0n) is 14.7. The molecular formula is C20H24N2O3. The Kier molecular flexibility index (Phi) is 7.01. The van der Waals surface area contributed by atoms with Gasteiger partial charge >= 0.3 is 0 Å². The zero-order chi connectivity index (χ0) is 18.1. The lowest BCUT2D eigenvalue weighted by molar-refractivity contribution is 0.0954. The van der Waals surface area contributed by atoms with Crippen molar-refractivity contribution in [3.05, 3.63) is 59.7 Å². The molecule has 0 saturated carbocycles. The van der Waals surface area contributed by atoms with Crippen molar-refractivity contribution in [3.8, 4) is 5.75 Å². The standard InChI is InChI=1S/C20H24N2O3/c1-3-13-21-20(24)17-7-5-6-8-18(17)22-19(23)15-9-11-16(12-10-15)25-14-4-2/h5-12H,3-4,13-14H2,1-2H3,(H,21,24)(H,22,23). The van der Waals surface area contributed by atoms with Crippen LogP contribution in [0.25, 0.3) is 0 Å². The van der Waals surface area contributed by atoms with Gasteiger partial charge < -0.3 is 15.4 Å². The first-order valence-corrected chi connectivity index (χ1v) is 8.57. The number of amides is 2. The molecule has 0 radical (unpaired) electrons. The Labute approximate surface area is 148 Å². The molecule has 0 saturated heterocycles. The maximum atomic E-state index is 12.4. The number of carbonyl (C=O) groups excluding carboxylic acids is 2. The highest BCUT2D eigenvalue weighted by Gasteiger charge is 2.13.